The SMILES string of the molecule is c1ccc(Oc2cncc(C3CCCN3C3CCOCC3)n2)cc1. The van der Waals surface area contributed by atoms with Crippen LogP contribution >= 0.6 is 0 Å². The van der Waals surface area contributed by atoms with Crippen LogP contribution in [-0.2, 0) is 4.74 Å². The van der Waals surface area contributed by atoms with E-state index in [0.29, 0.717) is 18.0 Å². The minimum absolute atomic E-state index is 0.347. The molecule has 0 radical (unpaired) electrons. The van der Waals surface area contributed by atoms with Gasteiger partial charge in [-0.25, -0.2) is 4.98 Å². The molecule has 2 saturated heterocycles. The van der Waals surface area contributed by atoms with Gasteiger partial charge in [-0.05, 0) is 44.4 Å². The number of likely N-dealkylation sites (tertiary alicyclic amines) is 1. The van der Waals surface area contributed by atoms with Crippen LogP contribution in [0, 0.1) is 0 Å². The molecule has 2 fully saturated rings. The van der Waals surface area contributed by atoms with Crippen molar-refractivity contribution in [1.82, 2.24) is 14.9 Å². The van der Waals surface area contributed by atoms with Crippen molar-refractivity contribution in [2.45, 2.75) is 37.8 Å². The Morgan fingerprint density at radius 3 is 2.71 bits per heavy atom. The maximum absolute atomic E-state index is 5.85. The molecule has 2 aliphatic rings. The van der Waals surface area contributed by atoms with Crippen molar-refractivity contribution in [3.63, 3.8) is 0 Å². The van der Waals surface area contributed by atoms with Gasteiger partial charge in [-0.3, -0.25) is 9.88 Å². The number of benzene rings is 1. The molecule has 0 saturated carbocycles. The number of nitrogens with zero attached hydrogens (tertiary/aromatic N) is 3. The lowest BCUT2D eigenvalue weighted by molar-refractivity contribution is 0.0284. The second-order valence-electron chi connectivity index (χ2n) is 6.44. The second-order valence-corrected chi connectivity index (χ2v) is 6.44. The molecule has 1 unspecified atom stereocenters. The summed E-state index contributed by atoms with van der Waals surface area (Å²) < 4.78 is 11.4. The Morgan fingerprint density at radius 2 is 1.88 bits per heavy atom. The average Bonchev–Trinajstić information content (AvgIpc) is 3.13. The molecule has 2 aliphatic heterocycles. The van der Waals surface area contributed by atoms with Crippen molar-refractivity contribution >= 4 is 0 Å². The third-order valence-corrected chi connectivity index (χ3v) is 4.89. The van der Waals surface area contributed by atoms with Gasteiger partial charge in [0.15, 0.2) is 0 Å². The number of hydrogen-bond donors (Lipinski definition) is 0. The van der Waals surface area contributed by atoms with Gasteiger partial charge in [-0.1, -0.05) is 18.2 Å². The summed E-state index contributed by atoms with van der Waals surface area (Å²) in [6.07, 6.45) is 8.16. The van der Waals surface area contributed by atoms with Gasteiger partial charge in [-0.15, -0.1) is 0 Å². The van der Waals surface area contributed by atoms with Crippen LogP contribution in [0.3, 0.4) is 0 Å². The van der Waals surface area contributed by atoms with Gasteiger partial charge in [0.05, 0.1) is 24.1 Å². The predicted molar refractivity (Wildman–Crippen MR) is 91.1 cm³/mol. The van der Waals surface area contributed by atoms with E-state index in [1.54, 1.807) is 6.20 Å². The number of rotatable bonds is 4. The summed E-state index contributed by atoms with van der Waals surface area (Å²) in [4.78, 5) is 11.7. The Kier molecular flexibility index (Phi) is 4.71. The zero-order valence-corrected chi connectivity index (χ0v) is 13.8. The standard InChI is InChI=1S/C19H23N3O2/c1-2-5-16(6-3-1)24-19-14-20-13-17(21-19)18-7-4-10-22(18)15-8-11-23-12-9-15/h1-3,5-6,13-15,18H,4,7-12H2. The topological polar surface area (TPSA) is 47.5 Å². The highest BCUT2D eigenvalue weighted by molar-refractivity contribution is 5.26. The second kappa shape index (κ2) is 7.28. The number of hydrogen-bond acceptors (Lipinski definition) is 5. The fraction of sp³-hybridized carbons (Fsp3) is 0.474. The molecule has 1 atom stereocenters. The van der Waals surface area contributed by atoms with E-state index < -0.39 is 0 Å². The molecule has 2 aromatic rings. The van der Waals surface area contributed by atoms with Crippen LogP contribution in [-0.4, -0.2) is 40.7 Å². The zero-order valence-electron chi connectivity index (χ0n) is 13.8. The lowest BCUT2D eigenvalue weighted by Crippen LogP contribution is -2.39. The quantitative estimate of drug-likeness (QED) is 0.860. The summed E-state index contributed by atoms with van der Waals surface area (Å²) in [5.74, 6) is 1.36. The molecule has 5 heteroatoms. The summed E-state index contributed by atoms with van der Waals surface area (Å²) in [5.41, 5.74) is 1.02. The van der Waals surface area contributed by atoms with Gasteiger partial charge in [0.25, 0.3) is 0 Å². The lowest BCUT2D eigenvalue weighted by atomic mass is 10.0. The largest absolute Gasteiger partial charge is 0.437 e. The molecule has 4 rings (SSSR count). The normalized spacial score (nSPS) is 22.6. The highest BCUT2D eigenvalue weighted by Gasteiger charge is 2.33. The van der Waals surface area contributed by atoms with Crippen LogP contribution in [0.15, 0.2) is 42.7 Å². The third-order valence-electron chi connectivity index (χ3n) is 4.89. The van der Waals surface area contributed by atoms with Crippen LogP contribution in [0.2, 0.25) is 0 Å². The van der Waals surface area contributed by atoms with Crippen LogP contribution in [0.4, 0.5) is 0 Å². The Labute approximate surface area is 142 Å². The molecule has 0 bridgehead atoms. The minimum Gasteiger partial charge on any atom is -0.437 e. The van der Waals surface area contributed by atoms with Gasteiger partial charge in [0.1, 0.15) is 5.75 Å². The minimum atomic E-state index is 0.347. The molecule has 1 aromatic carbocycles. The molecule has 5 nitrogen and oxygen atoms in total. The summed E-state index contributed by atoms with van der Waals surface area (Å²) in [6.45, 7) is 2.88. The Balaban J connectivity index is 1.51. The van der Waals surface area contributed by atoms with Gasteiger partial charge >= 0.3 is 0 Å². The molecule has 126 valence electrons. The summed E-state index contributed by atoms with van der Waals surface area (Å²) in [6, 6.07) is 10.7. The van der Waals surface area contributed by atoms with Crippen LogP contribution in [0.25, 0.3) is 0 Å². The predicted octanol–water partition coefficient (Wildman–Crippen LogP) is 3.58. The molecular formula is C19H23N3O2. The van der Waals surface area contributed by atoms with Crippen molar-refractivity contribution in [2.24, 2.45) is 0 Å². The molecule has 1 aromatic heterocycles. The van der Waals surface area contributed by atoms with Crippen LogP contribution < -0.4 is 4.74 Å². The highest BCUT2D eigenvalue weighted by Crippen LogP contribution is 2.35. The first-order valence-corrected chi connectivity index (χ1v) is 8.78. The van der Waals surface area contributed by atoms with E-state index in [1.807, 2.05) is 36.5 Å². The number of aromatic nitrogens is 2. The van der Waals surface area contributed by atoms with E-state index in [1.165, 1.54) is 6.42 Å². The third kappa shape index (κ3) is 3.42. The van der Waals surface area contributed by atoms with Crippen molar-refractivity contribution in [1.29, 1.82) is 0 Å². The number of ether oxygens (including phenoxy) is 2. The van der Waals surface area contributed by atoms with Gasteiger partial charge in [0, 0.05) is 19.3 Å². The molecular weight excluding hydrogens is 302 g/mol. The first-order valence-electron chi connectivity index (χ1n) is 8.78. The van der Waals surface area contributed by atoms with Crippen LogP contribution in [0.5, 0.6) is 11.6 Å². The van der Waals surface area contributed by atoms with E-state index in [4.69, 9.17) is 14.5 Å². The Bertz CT molecular complexity index is 659. The zero-order chi connectivity index (χ0) is 16.2. The number of para-hydroxylation sites is 1. The Hall–Kier alpha value is -1.98. The molecule has 0 spiro atoms. The van der Waals surface area contributed by atoms with E-state index in [2.05, 4.69) is 9.88 Å². The fourth-order valence-electron chi connectivity index (χ4n) is 3.74. The van der Waals surface area contributed by atoms with E-state index in [0.717, 1.165) is 50.5 Å². The first kappa shape index (κ1) is 15.5. The molecule has 0 amide bonds. The molecule has 0 aliphatic carbocycles. The van der Waals surface area contributed by atoms with E-state index >= 15 is 0 Å². The van der Waals surface area contributed by atoms with Gasteiger partial charge in [-0.2, -0.15) is 0 Å². The Morgan fingerprint density at radius 1 is 1.04 bits per heavy atom. The van der Waals surface area contributed by atoms with E-state index in [9.17, 15) is 0 Å². The fourth-order valence-corrected chi connectivity index (χ4v) is 3.74. The lowest BCUT2D eigenvalue weighted by Gasteiger charge is -2.35. The van der Waals surface area contributed by atoms with Gasteiger partial charge < -0.3 is 9.47 Å². The maximum Gasteiger partial charge on any atom is 0.238 e. The molecule has 24 heavy (non-hydrogen) atoms. The van der Waals surface area contributed by atoms with Gasteiger partial charge in [0.2, 0.25) is 5.88 Å². The monoisotopic (exact) mass is 325 g/mol. The highest BCUT2D eigenvalue weighted by atomic mass is 16.5. The van der Waals surface area contributed by atoms with Crippen molar-refractivity contribution in [3.8, 4) is 11.6 Å². The smallest absolute Gasteiger partial charge is 0.238 e. The van der Waals surface area contributed by atoms with Crippen molar-refractivity contribution < 1.29 is 9.47 Å². The molecule has 3 heterocycles. The average molecular weight is 325 g/mol. The van der Waals surface area contributed by atoms with Crippen LogP contribution in [0.1, 0.15) is 37.4 Å². The summed E-state index contributed by atoms with van der Waals surface area (Å²) in [5, 5.41) is 0. The summed E-state index contributed by atoms with van der Waals surface area (Å²) >= 11 is 0. The maximum atomic E-state index is 5.85. The van der Waals surface area contributed by atoms with Crippen molar-refractivity contribution in [2.75, 3.05) is 19.8 Å². The van der Waals surface area contributed by atoms with E-state index in [-0.39, 0.29) is 0 Å². The first-order chi connectivity index (χ1) is 11.9. The summed E-state index contributed by atoms with van der Waals surface area (Å²) in [7, 11) is 0. The van der Waals surface area contributed by atoms with Crippen molar-refractivity contribution in [3.05, 3.63) is 48.4 Å². The molecule has 0 N–H and O–H groups in total.